The van der Waals surface area contributed by atoms with Crippen molar-refractivity contribution in [2.24, 2.45) is 11.8 Å². The SMILES string of the molecule is CCCCNC(=O)C(=O)[C@H](C[C@@H]1CCNC1=O)NC(=O)[C@H](CC(C)C)NC(=O)[C@H](Cc1cc(OC(C)C)ccn1)NC(=O)OCc1ccccc1. The highest BCUT2D eigenvalue weighted by Crippen LogP contribution is 2.18. The van der Waals surface area contributed by atoms with Crippen LogP contribution in [0.4, 0.5) is 4.79 Å². The van der Waals surface area contributed by atoms with Gasteiger partial charge in [-0.05, 0) is 57.1 Å². The van der Waals surface area contributed by atoms with Gasteiger partial charge in [-0.1, -0.05) is 57.5 Å². The van der Waals surface area contributed by atoms with Crippen molar-refractivity contribution in [3.8, 4) is 5.75 Å². The number of carbonyl (C=O) groups excluding carboxylic acids is 6. The van der Waals surface area contributed by atoms with E-state index in [-0.39, 0.29) is 43.8 Å². The van der Waals surface area contributed by atoms with Crippen molar-refractivity contribution < 1.29 is 38.2 Å². The molecule has 2 heterocycles. The number of hydrogen-bond donors (Lipinski definition) is 5. The molecular weight excluding hydrogens is 656 g/mol. The molecule has 2 aromatic rings. The molecule has 1 aliphatic rings. The van der Waals surface area contributed by atoms with Crippen molar-refractivity contribution in [1.29, 1.82) is 0 Å². The zero-order valence-electron chi connectivity index (χ0n) is 30.2. The van der Waals surface area contributed by atoms with Crippen LogP contribution < -0.4 is 31.3 Å². The summed E-state index contributed by atoms with van der Waals surface area (Å²) >= 11 is 0. The second-order valence-electron chi connectivity index (χ2n) is 13.4. The minimum absolute atomic E-state index is 0.0319. The molecule has 4 atom stereocenters. The number of unbranched alkanes of at least 4 members (excludes halogenated alkanes) is 1. The fraction of sp³-hybridized carbons (Fsp3) is 0.541. The van der Waals surface area contributed by atoms with Crippen LogP contribution in [0.3, 0.4) is 0 Å². The fourth-order valence-electron chi connectivity index (χ4n) is 5.50. The minimum atomic E-state index is -1.30. The van der Waals surface area contributed by atoms with Gasteiger partial charge in [0.2, 0.25) is 23.5 Å². The Morgan fingerprint density at radius 3 is 2.29 bits per heavy atom. The molecule has 14 nitrogen and oxygen atoms in total. The van der Waals surface area contributed by atoms with Crippen LogP contribution in [0.5, 0.6) is 5.75 Å². The molecule has 1 aromatic carbocycles. The van der Waals surface area contributed by atoms with Crippen molar-refractivity contribution >= 4 is 35.5 Å². The van der Waals surface area contributed by atoms with Gasteiger partial charge in [-0.25, -0.2) is 4.79 Å². The molecule has 5 N–H and O–H groups in total. The summed E-state index contributed by atoms with van der Waals surface area (Å²) in [4.78, 5) is 83.5. The molecule has 1 fully saturated rings. The van der Waals surface area contributed by atoms with Crippen molar-refractivity contribution in [2.75, 3.05) is 13.1 Å². The molecule has 51 heavy (non-hydrogen) atoms. The number of alkyl carbamates (subject to hydrolysis) is 1. The lowest BCUT2D eigenvalue weighted by atomic mass is 9.94. The Kier molecular flexibility index (Phi) is 16.3. The molecule has 0 saturated carbocycles. The van der Waals surface area contributed by atoms with Crippen LogP contribution in [0.1, 0.15) is 78.0 Å². The van der Waals surface area contributed by atoms with E-state index in [9.17, 15) is 28.8 Å². The van der Waals surface area contributed by atoms with E-state index in [1.807, 2.05) is 52.8 Å². The highest BCUT2D eigenvalue weighted by molar-refractivity contribution is 6.38. The normalized spacial score (nSPS) is 15.7. The van der Waals surface area contributed by atoms with E-state index in [4.69, 9.17) is 9.47 Å². The highest BCUT2D eigenvalue weighted by Gasteiger charge is 2.36. The molecular formula is C37H52N6O8. The average Bonchev–Trinajstić information content (AvgIpc) is 3.49. The summed E-state index contributed by atoms with van der Waals surface area (Å²) in [5.41, 5.74) is 1.19. The molecule has 1 aromatic heterocycles. The molecule has 0 aliphatic carbocycles. The van der Waals surface area contributed by atoms with E-state index in [2.05, 4.69) is 31.6 Å². The Balaban J connectivity index is 1.82. The maximum atomic E-state index is 13.9. The fourth-order valence-corrected chi connectivity index (χ4v) is 5.50. The number of hydrogen-bond acceptors (Lipinski definition) is 9. The van der Waals surface area contributed by atoms with Crippen molar-refractivity contribution in [3.63, 3.8) is 0 Å². The van der Waals surface area contributed by atoms with Crippen molar-refractivity contribution in [2.45, 2.75) is 104 Å². The van der Waals surface area contributed by atoms with Crippen molar-refractivity contribution in [1.82, 2.24) is 31.6 Å². The standard InChI is InChI=1S/C37H52N6O8/c1-6-7-15-39-36(48)32(44)29(19-26-13-16-40-33(26)45)41-34(46)30(18-23(2)3)42-35(47)31(21-27-20-28(14-17-38-27)51-24(4)5)43-37(49)50-22-25-11-9-8-10-12-25/h8-12,14,17,20,23-24,26,29-31H,6-7,13,15-16,18-19,21-22H2,1-5H3,(H,39,48)(H,40,45)(H,41,46)(H,42,47)(H,43,49)/t26-,29-,30-,31-/m0/s1. The first-order chi connectivity index (χ1) is 24.4. The maximum Gasteiger partial charge on any atom is 0.408 e. The van der Waals surface area contributed by atoms with Crippen LogP contribution >= 0.6 is 0 Å². The van der Waals surface area contributed by atoms with E-state index in [1.165, 1.54) is 6.20 Å². The lowest BCUT2D eigenvalue weighted by molar-refractivity contribution is -0.141. The lowest BCUT2D eigenvalue weighted by Crippen LogP contribution is -2.57. The Morgan fingerprint density at radius 2 is 1.65 bits per heavy atom. The third kappa shape index (κ3) is 14.0. The monoisotopic (exact) mass is 708 g/mol. The van der Waals surface area contributed by atoms with Crippen LogP contribution in [0.2, 0.25) is 0 Å². The Labute approximate surface area is 299 Å². The summed E-state index contributed by atoms with van der Waals surface area (Å²) in [6, 6.07) is 8.72. The smallest absolute Gasteiger partial charge is 0.408 e. The quantitative estimate of drug-likeness (QED) is 0.102. The zero-order chi connectivity index (χ0) is 37.3. The molecule has 1 saturated heterocycles. The van der Waals surface area contributed by atoms with Gasteiger partial charge in [0.25, 0.3) is 5.91 Å². The molecule has 0 radical (unpaired) electrons. The first-order valence-electron chi connectivity index (χ1n) is 17.7. The van der Waals surface area contributed by atoms with E-state index in [0.717, 1.165) is 12.0 Å². The topological polar surface area (TPSA) is 194 Å². The number of Topliss-reactive ketones (excluding diaryl/α,β-unsaturated/α-hetero) is 1. The predicted octanol–water partition coefficient (Wildman–Crippen LogP) is 2.73. The molecule has 1 aliphatic heterocycles. The van der Waals surface area contributed by atoms with Crippen LogP contribution in [-0.2, 0) is 41.7 Å². The summed E-state index contributed by atoms with van der Waals surface area (Å²) in [5.74, 6) is -3.50. The first kappa shape index (κ1) is 40.4. The van der Waals surface area contributed by atoms with Gasteiger partial charge in [-0.15, -0.1) is 0 Å². The number of amides is 5. The number of nitrogens with one attached hydrogen (secondary N) is 5. The van der Waals surface area contributed by atoms with E-state index >= 15 is 0 Å². The number of ketones is 1. The minimum Gasteiger partial charge on any atom is -0.491 e. The van der Waals surface area contributed by atoms with Crippen LogP contribution in [0.25, 0.3) is 0 Å². The summed E-state index contributed by atoms with van der Waals surface area (Å²) in [5, 5.41) is 13.3. The highest BCUT2D eigenvalue weighted by atomic mass is 16.5. The van der Waals surface area contributed by atoms with Gasteiger partial charge in [0, 0.05) is 43.4 Å². The van der Waals surface area contributed by atoms with Gasteiger partial charge in [-0.2, -0.15) is 0 Å². The molecule has 5 amide bonds. The van der Waals surface area contributed by atoms with Crippen LogP contribution in [0.15, 0.2) is 48.7 Å². The Bertz CT molecular complexity index is 1480. The summed E-state index contributed by atoms with van der Waals surface area (Å²) in [6.07, 6.45) is 2.54. The predicted molar refractivity (Wildman–Crippen MR) is 189 cm³/mol. The van der Waals surface area contributed by atoms with Gasteiger partial charge < -0.3 is 36.1 Å². The number of pyridine rings is 1. The number of rotatable bonds is 20. The number of nitrogens with zero attached hydrogens (tertiary/aromatic N) is 1. The Hall–Kier alpha value is -5.01. The zero-order valence-corrected chi connectivity index (χ0v) is 30.2. The summed E-state index contributed by atoms with van der Waals surface area (Å²) in [6.45, 7) is 10.1. The van der Waals surface area contributed by atoms with Gasteiger partial charge >= 0.3 is 6.09 Å². The van der Waals surface area contributed by atoms with Crippen molar-refractivity contribution in [3.05, 3.63) is 59.9 Å². The number of aromatic nitrogens is 1. The average molecular weight is 709 g/mol. The van der Waals surface area contributed by atoms with Gasteiger partial charge in [0.05, 0.1) is 12.1 Å². The van der Waals surface area contributed by atoms with E-state index in [1.54, 1.807) is 24.3 Å². The van der Waals surface area contributed by atoms with Crippen LogP contribution in [-0.4, -0.2) is 77.8 Å². The third-order valence-electron chi connectivity index (χ3n) is 8.09. The second-order valence-corrected chi connectivity index (χ2v) is 13.4. The number of ether oxygens (including phenoxy) is 2. The lowest BCUT2D eigenvalue weighted by Gasteiger charge is -2.26. The van der Waals surface area contributed by atoms with Gasteiger partial charge in [0.1, 0.15) is 24.4 Å². The summed E-state index contributed by atoms with van der Waals surface area (Å²) in [7, 11) is 0. The second kappa shape index (κ2) is 20.6. The molecule has 3 rings (SSSR count). The molecule has 14 heteroatoms. The molecule has 278 valence electrons. The van der Waals surface area contributed by atoms with Crippen LogP contribution in [0, 0.1) is 11.8 Å². The molecule has 0 unspecified atom stereocenters. The molecule has 0 bridgehead atoms. The molecule has 0 spiro atoms. The maximum absolute atomic E-state index is 13.9. The Morgan fingerprint density at radius 1 is 0.941 bits per heavy atom. The number of carbonyl (C=O) groups is 6. The van der Waals surface area contributed by atoms with Gasteiger partial charge in [-0.3, -0.25) is 29.0 Å². The summed E-state index contributed by atoms with van der Waals surface area (Å²) < 4.78 is 11.2. The first-order valence-corrected chi connectivity index (χ1v) is 17.7. The van der Waals surface area contributed by atoms with E-state index < -0.39 is 53.6 Å². The largest absolute Gasteiger partial charge is 0.491 e. The van der Waals surface area contributed by atoms with E-state index in [0.29, 0.717) is 37.4 Å². The third-order valence-corrected chi connectivity index (χ3v) is 8.09. The number of benzene rings is 1. The van der Waals surface area contributed by atoms with Gasteiger partial charge in [0.15, 0.2) is 0 Å².